The van der Waals surface area contributed by atoms with Gasteiger partial charge in [0.05, 0.1) is 0 Å². The molecule has 4 heteroatoms. The van der Waals surface area contributed by atoms with Gasteiger partial charge in [0.2, 0.25) is 0 Å². The van der Waals surface area contributed by atoms with E-state index in [1.807, 2.05) is 0 Å². The predicted molar refractivity (Wildman–Crippen MR) is 112 cm³/mol. The van der Waals surface area contributed by atoms with Gasteiger partial charge in [-0.2, -0.15) is 0 Å². The largest absolute Gasteiger partial charge is 0.303 e. The standard InChI is InChI=1S/C22H44N4/c1-3-5-11-23-13-7-21(8-14-23)25-17-19-26(20-18-25)22-9-15-24(16-10-22)12-6-4-2/h21-22H,3-20H2,1-2H3. The Balaban J connectivity index is 1.32. The van der Waals surface area contributed by atoms with Crippen LogP contribution in [0, 0.1) is 0 Å². The van der Waals surface area contributed by atoms with Gasteiger partial charge in [0.15, 0.2) is 0 Å². The predicted octanol–water partition coefficient (Wildman–Crippen LogP) is 3.13. The fraction of sp³-hybridized carbons (Fsp3) is 1.00. The molecule has 3 heterocycles. The van der Waals surface area contributed by atoms with Gasteiger partial charge in [0.25, 0.3) is 0 Å². The Morgan fingerprint density at radius 1 is 0.538 bits per heavy atom. The Labute approximate surface area is 162 Å². The molecule has 26 heavy (non-hydrogen) atoms. The molecule has 0 aromatic heterocycles. The number of nitrogens with zero attached hydrogens (tertiary/aromatic N) is 4. The molecule has 3 aliphatic heterocycles. The molecule has 4 nitrogen and oxygen atoms in total. The van der Waals surface area contributed by atoms with Gasteiger partial charge in [-0.3, -0.25) is 9.80 Å². The van der Waals surface area contributed by atoms with Crippen LogP contribution in [-0.4, -0.2) is 97.1 Å². The molecule has 0 aromatic rings. The van der Waals surface area contributed by atoms with E-state index in [4.69, 9.17) is 0 Å². The fourth-order valence-electron chi connectivity index (χ4n) is 5.25. The molecular weight excluding hydrogens is 320 g/mol. The highest BCUT2D eigenvalue weighted by Crippen LogP contribution is 2.22. The average Bonchev–Trinajstić information content (AvgIpc) is 2.72. The first-order valence-electron chi connectivity index (χ1n) is 11.7. The van der Waals surface area contributed by atoms with E-state index in [1.54, 1.807) is 0 Å². The second-order valence-electron chi connectivity index (χ2n) is 8.92. The van der Waals surface area contributed by atoms with Crippen molar-refractivity contribution in [2.24, 2.45) is 0 Å². The summed E-state index contributed by atoms with van der Waals surface area (Å²) in [4.78, 5) is 11.0. The molecule has 0 amide bonds. The Morgan fingerprint density at radius 2 is 0.885 bits per heavy atom. The van der Waals surface area contributed by atoms with Crippen LogP contribution in [0.5, 0.6) is 0 Å². The van der Waals surface area contributed by atoms with Gasteiger partial charge in [-0.15, -0.1) is 0 Å². The van der Waals surface area contributed by atoms with E-state index >= 15 is 0 Å². The summed E-state index contributed by atoms with van der Waals surface area (Å²) in [6.07, 6.45) is 11.0. The van der Waals surface area contributed by atoms with Gasteiger partial charge < -0.3 is 9.80 Å². The van der Waals surface area contributed by atoms with Crippen molar-refractivity contribution >= 4 is 0 Å². The number of unbranched alkanes of at least 4 members (excludes halogenated alkanes) is 2. The average molecular weight is 365 g/mol. The Hall–Kier alpha value is -0.160. The number of hydrogen-bond acceptors (Lipinski definition) is 4. The zero-order valence-electron chi connectivity index (χ0n) is 17.7. The van der Waals surface area contributed by atoms with Crippen molar-refractivity contribution in [3.63, 3.8) is 0 Å². The van der Waals surface area contributed by atoms with Crippen molar-refractivity contribution in [1.29, 1.82) is 0 Å². The lowest BCUT2D eigenvalue weighted by Gasteiger charge is -2.46. The van der Waals surface area contributed by atoms with Gasteiger partial charge in [0.1, 0.15) is 0 Å². The minimum atomic E-state index is 0.867. The smallest absolute Gasteiger partial charge is 0.0121 e. The summed E-state index contributed by atoms with van der Waals surface area (Å²) in [5.74, 6) is 0. The maximum Gasteiger partial charge on any atom is 0.0121 e. The summed E-state index contributed by atoms with van der Waals surface area (Å²) in [5, 5.41) is 0. The first kappa shape index (κ1) is 20.6. The second kappa shape index (κ2) is 11.0. The third kappa shape index (κ3) is 5.92. The van der Waals surface area contributed by atoms with Crippen LogP contribution < -0.4 is 0 Å². The van der Waals surface area contributed by atoms with E-state index in [0.29, 0.717) is 0 Å². The zero-order chi connectivity index (χ0) is 18.2. The second-order valence-corrected chi connectivity index (χ2v) is 8.92. The van der Waals surface area contributed by atoms with E-state index in [2.05, 4.69) is 33.4 Å². The van der Waals surface area contributed by atoms with Gasteiger partial charge in [-0.1, -0.05) is 26.7 Å². The van der Waals surface area contributed by atoms with Crippen LogP contribution in [0.1, 0.15) is 65.2 Å². The van der Waals surface area contributed by atoms with E-state index in [0.717, 1.165) is 12.1 Å². The molecule has 3 saturated heterocycles. The molecule has 0 aromatic carbocycles. The maximum atomic E-state index is 2.82. The van der Waals surface area contributed by atoms with E-state index in [1.165, 1.54) is 117 Å². The maximum absolute atomic E-state index is 2.82. The topological polar surface area (TPSA) is 13.0 Å². The van der Waals surface area contributed by atoms with Crippen LogP contribution in [0.4, 0.5) is 0 Å². The van der Waals surface area contributed by atoms with Gasteiger partial charge in [0, 0.05) is 38.3 Å². The lowest BCUT2D eigenvalue weighted by molar-refractivity contribution is 0.0258. The molecule has 0 aliphatic carbocycles. The third-order valence-electron chi connectivity index (χ3n) is 7.15. The molecule has 3 fully saturated rings. The zero-order valence-corrected chi connectivity index (χ0v) is 17.7. The van der Waals surface area contributed by atoms with E-state index in [9.17, 15) is 0 Å². The minimum Gasteiger partial charge on any atom is -0.303 e. The summed E-state index contributed by atoms with van der Waals surface area (Å²) in [6.45, 7) is 17.9. The van der Waals surface area contributed by atoms with Crippen molar-refractivity contribution < 1.29 is 0 Å². The summed E-state index contributed by atoms with van der Waals surface area (Å²) >= 11 is 0. The molecule has 0 spiro atoms. The number of likely N-dealkylation sites (tertiary alicyclic amines) is 2. The quantitative estimate of drug-likeness (QED) is 0.656. The molecule has 3 aliphatic rings. The van der Waals surface area contributed by atoms with Crippen molar-refractivity contribution in [2.75, 3.05) is 65.4 Å². The molecule has 0 N–H and O–H groups in total. The number of piperazine rings is 1. The van der Waals surface area contributed by atoms with Gasteiger partial charge in [-0.05, 0) is 77.8 Å². The van der Waals surface area contributed by atoms with Crippen molar-refractivity contribution in [1.82, 2.24) is 19.6 Å². The first-order valence-corrected chi connectivity index (χ1v) is 11.7. The summed E-state index contributed by atoms with van der Waals surface area (Å²) in [7, 11) is 0. The normalized spacial score (nSPS) is 26.5. The number of rotatable bonds is 8. The van der Waals surface area contributed by atoms with E-state index in [-0.39, 0.29) is 0 Å². The lowest BCUT2D eigenvalue weighted by Crippen LogP contribution is -2.56. The molecular formula is C22H44N4. The first-order chi connectivity index (χ1) is 12.8. The summed E-state index contributed by atoms with van der Waals surface area (Å²) < 4.78 is 0. The summed E-state index contributed by atoms with van der Waals surface area (Å²) in [5.41, 5.74) is 0. The van der Waals surface area contributed by atoms with Crippen LogP contribution >= 0.6 is 0 Å². The van der Waals surface area contributed by atoms with Gasteiger partial charge >= 0.3 is 0 Å². The summed E-state index contributed by atoms with van der Waals surface area (Å²) in [6, 6.07) is 1.73. The van der Waals surface area contributed by atoms with Crippen LogP contribution in [0.25, 0.3) is 0 Å². The highest BCUT2D eigenvalue weighted by atomic mass is 15.3. The fourth-order valence-corrected chi connectivity index (χ4v) is 5.25. The Bertz CT molecular complexity index is 328. The highest BCUT2D eigenvalue weighted by Gasteiger charge is 2.30. The molecule has 0 radical (unpaired) electrons. The highest BCUT2D eigenvalue weighted by molar-refractivity contribution is 4.87. The number of hydrogen-bond donors (Lipinski definition) is 0. The lowest BCUT2D eigenvalue weighted by atomic mass is 9.99. The molecule has 0 bridgehead atoms. The van der Waals surface area contributed by atoms with Crippen molar-refractivity contribution in [3.05, 3.63) is 0 Å². The SMILES string of the molecule is CCCCN1CCC(N2CCN(C3CCN(CCCC)CC3)CC2)CC1. The van der Waals surface area contributed by atoms with E-state index < -0.39 is 0 Å². The van der Waals surface area contributed by atoms with Crippen LogP contribution in [-0.2, 0) is 0 Å². The Morgan fingerprint density at radius 3 is 1.19 bits per heavy atom. The van der Waals surface area contributed by atoms with Crippen LogP contribution in [0.2, 0.25) is 0 Å². The minimum absolute atomic E-state index is 0.867. The molecule has 3 rings (SSSR count). The molecule has 0 atom stereocenters. The van der Waals surface area contributed by atoms with Crippen molar-refractivity contribution in [3.8, 4) is 0 Å². The van der Waals surface area contributed by atoms with Gasteiger partial charge in [-0.25, -0.2) is 0 Å². The van der Waals surface area contributed by atoms with Crippen LogP contribution in [0.3, 0.4) is 0 Å². The molecule has 0 unspecified atom stereocenters. The molecule has 0 saturated carbocycles. The monoisotopic (exact) mass is 364 g/mol. The molecule has 152 valence electrons. The number of piperidine rings is 2. The Kier molecular flexibility index (Phi) is 8.70. The van der Waals surface area contributed by atoms with Crippen LogP contribution in [0.15, 0.2) is 0 Å². The van der Waals surface area contributed by atoms with Crippen molar-refractivity contribution in [2.45, 2.75) is 77.3 Å². The third-order valence-corrected chi connectivity index (χ3v) is 7.15.